The molecule has 0 amide bonds. The highest BCUT2D eigenvalue weighted by Gasteiger charge is 2.07. The van der Waals surface area contributed by atoms with Crippen LogP contribution in [-0.2, 0) is 0 Å². The van der Waals surface area contributed by atoms with Crippen molar-refractivity contribution < 1.29 is 9.18 Å². The summed E-state index contributed by atoms with van der Waals surface area (Å²) in [6, 6.07) is 3.17. The number of hydrogen-bond donors (Lipinski definition) is 1. The topological polar surface area (TPSA) is 17.1 Å². The second kappa shape index (κ2) is 3.12. The van der Waals surface area contributed by atoms with Gasteiger partial charge in [0.25, 0.3) is 0 Å². The van der Waals surface area contributed by atoms with Gasteiger partial charge in [-0.2, -0.15) is 0 Å². The van der Waals surface area contributed by atoms with Crippen LogP contribution in [0.1, 0.15) is 10.4 Å². The summed E-state index contributed by atoms with van der Waals surface area (Å²) in [6.45, 7) is 0. The van der Waals surface area contributed by atoms with Gasteiger partial charge in [0.05, 0.1) is 4.70 Å². The van der Waals surface area contributed by atoms with E-state index < -0.39 is 0 Å². The van der Waals surface area contributed by atoms with Crippen molar-refractivity contribution in [2.45, 2.75) is 4.90 Å². The normalized spacial score (nSPS) is 10.6. The molecule has 0 atom stereocenters. The molecular formula is C9H5FOS2. The molecule has 1 aromatic carbocycles. The molecule has 0 saturated heterocycles. The highest BCUT2D eigenvalue weighted by Crippen LogP contribution is 2.30. The number of carbonyl (C=O) groups is 1. The summed E-state index contributed by atoms with van der Waals surface area (Å²) in [5.74, 6) is -0.293. The van der Waals surface area contributed by atoms with Gasteiger partial charge >= 0.3 is 0 Å². The molecule has 13 heavy (non-hydrogen) atoms. The third-order valence-electron chi connectivity index (χ3n) is 1.77. The minimum atomic E-state index is -0.293. The molecule has 0 saturated carbocycles. The van der Waals surface area contributed by atoms with Crippen LogP contribution in [0.4, 0.5) is 4.39 Å². The van der Waals surface area contributed by atoms with E-state index in [1.807, 2.05) is 0 Å². The fourth-order valence-corrected chi connectivity index (χ4v) is 2.42. The maximum atomic E-state index is 13.1. The molecule has 1 heterocycles. The zero-order valence-corrected chi connectivity index (χ0v) is 8.16. The Labute approximate surface area is 83.6 Å². The summed E-state index contributed by atoms with van der Waals surface area (Å²) >= 11 is 5.46. The quantitative estimate of drug-likeness (QED) is 0.567. The van der Waals surface area contributed by atoms with Crippen molar-refractivity contribution in [3.8, 4) is 0 Å². The van der Waals surface area contributed by atoms with Crippen LogP contribution in [0.3, 0.4) is 0 Å². The number of carbonyl (C=O) groups excluding carboxylic acids is 1. The second-order valence-corrected chi connectivity index (χ2v) is 3.98. The van der Waals surface area contributed by atoms with E-state index in [2.05, 4.69) is 12.6 Å². The molecule has 1 nitrogen and oxygen atoms in total. The van der Waals surface area contributed by atoms with Gasteiger partial charge in [-0.1, -0.05) is 0 Å². The van der Waals surface area contributed by atoms with Gasteiger partial charge in [0.15, 0.2) is 0 Å². The van der Waals surface area contributed by atoms with Crippen molar-refractivity contribution >= 4 is 40.3 Å². The van der Waals surface area contributed by atoms with E-state index in [1.54, 1.807) is 6.07 Å². The first-order chi connectivity index (χ1) is 6.22. The molecule has 4 heteroatoms. The second-order valence-electron chi connectivity index (χ2n) is 2.62. The predicted molar refractivity (Wildman–Crippen MR) is 54.4 cm³/mol. The number of rotatable bonds is 1. The number of aldehydes is 1. The Morgan fingerprint density at radius 1 is 1.46 bits per heavy atom. The van der Waals surface area contributed by atoms with Crippen LogP contribution < -0.4 is 0 Å². The summed E-state index contributed by atoms with van der Waals surface area (Å²) in [4.78, 5) is 11.1. The van der Waals surface area contributed by atoms with E-state index in [9.17, 15) is 9.18 Å². The number of fused-ring (bicyclic) bond motifs is 1. The minimum absolute atomic E-state index is 0.293. The number of benzene rings is 1. The highest BCUT2D eigenvalue weighted by atomic mass is 32.1. The van der Waals surface area contributed by atoms with E-state index in [0.717, 1.165) is 4.70 Å². The Morgan fingerprint density at radius 3 is 2.92 bits per heavy atom. The molecule has 0 bridgehead atoms. The van der Waals surface area contributed by atoms with Crippen LogP contribution in [0.5, 0.6) is 0 Å². The lowest BCUT2D eigenvalue weighted by Gasteiger charge is -1.96. The number of thiophene rings is 1. The maximum Gasteiger partial charge on any atom is 0.150 e. The van der Waals surface area contributed by atoms with Crippen LogP contribution in [0, 0.1) is 5.82 Å². The molecule has 2 rings (SSSR count). The van der Waals surface area contributed by atoms with Crippen molar-refractivity contribution in [1.82, 2.24) is 0 Å². The Morgan fingerprint density at radius 2 is 2.23 bits per heavy atom. The number of halogens is 1. The molecule has 0 radical (unpaired) electrons. The SMILES string of the molecule is O=Cc1cc(S)c2scc(F)c2c1. The fraction of sp³-hybridized carbons (Fsp3) is 0. The van der Waals surface area contributed by atoms with Crippen LogP contribution in [0.15, 0.2) is 22.4 Å². The van der Waals surface area contributed by atoms with Gasteiger partial charge < -0.3 is 0 Å². The first kappa shape index (κ1) is 8.72. The predicted octanol–water partition coefficient (Wildman–Crippen LogP) is 3.14. The molecule has 0 aliphatic rings. The fourth-order valence-electron chi connectivity index (χ4n) is 1.18. The first-order valence-corrected chi connectivity index (χ1v) is 4.90. The van der Waals surface area contributed by atoms with Crippen LogP contribution in [-0.4, -0.2) is 6.29 Å². The van der Waals surface area contributed by atoms with Gasteiger partial charge in [-0.15, -0.1) is 24.0 Å². The molecule has 0 aliphatic carbocycles. The number of thiol groups is 1. The van der Waals surface area contributed by atoms with E-state index in [0.29, 0.717) is 22.1 Å². The zero-order chi connectivity index (χ0) is 9.42. The summed E-state index contributed by atoms with van der Waals surface area (Å²) in [6.07, 6.45) is 0.691. The Balaban J connectivity index is 2.87. The highest BCUT2D eigenvalue weighted by molar-refractivity contribution is 7.80. The molecule has 0 unspecified atom stereocenters. The zero-order valence-electron chi connectivity index (χ0n) is 6.45. The molecule has 66 valence electrons. The van der Waals surface area contributed by atoms with Gasteiger partial charge in [0.2, 0.25) is 0 Å². The van der Waals surface area contributed by atoms with Crippen molar-refractivity contribution in [3.05, 3.63) is 28.9 Å². The van der Waals surface area contributed by atoms with Gasteiger partial charge in [-0.3, -0.25) is 4.79 Å². The van der Waals surface area contributed by atoms with E-state index in [1.165, 1.54) is 22.8 Å². The summed E-state index contributed by atoms with van der Waals surface area (Å²) in [5.41, 5.74) is 0.454. The van der Waals surface area contributed by atoms with E-state index in [-0.39, 0.29) is 5.82 Å². The Hall–Kier alpha value is -0.870. The molecule has 0 N–H and O–H groups in total. The van der Waals surface area contributed by atoms with Gasteiger partial charge in [-0.25, -0.2) is 4.39 Å². The third kappa shape index (κ3) is 1.36. The van der Waals surface area contributed by atoms with Crippen molar-refractivity contribution in [3.63, 3.8) is 0 Å². The third-order valence-corrected chi connectivity index (χ3v) is 3.27. The lowest BCUT2D eigenvalue weighted by molar-refractivity contribution is 0.112. The largest absolute Gasteiger partial charge is 0.298 e. The lowest BCUT2D eigenvalue weighted by Crippen LogP contribution is -1.80. The van der Waals surface area contributed by atoms with Crippen molar-refractivity contribution in [2.75, 3.05) is 0 Å². The first-order valence-electron chi connectivity index (χ1n) is 3.57. The average molecular weight is 212 g/mol. The molecule has 1 aromatic heterocycles. The van der Waals surface area contributed by atoms with Crippen LogP contribution in [0.25, 0.3) is 10.1 Å². The Kier molecular flexibility index (Phi) is 2.09. The minimum Gasteiger partial charge on any atom is -0.298 e. The van der Waals surface area contributed by atoms with Gasteiger partial charge in [-0.05, 0) is 12.1 Å². The maximum absolute atomic E-state index is 13.1. The smallest absolute Gasteiger partial charge is 0.150 e. The van der Waals surface area contributed by atoms with Gasteiger partial charge in [0, 0.05) is 21.2 Å². The number of hydrogen-bond acceptors (Lipinski definition) is 3. The van der Waals surface area contributed by atoms with Crippen molar-refractivity contribution in [2.24, 2.45) is 0 Å². The summed E-state index contributed by atoms with van der Waals surface area (Å²) in [7, 11) is 0. The Bertz CT molecular complexity index is 476. The molecule has 0 aliphatic heterocycles. The van der Waals surface area contributed by atoms with Crippen LogP contribution in [0.2, 0.25) is 0 Å². The standard InChI is InChI=1S/C9H5FOS2/c10-7-4-13-9-6(7)1-5(3-11)2-8(9)12/h1-4,12H. The van der Waals surface area contributed by atoms with Crippen LogP contribution >= 0.6 is 24.0 Å². The monoisotopic (exact) mass is 212 g/mol. The molecule has 0 fully saturated rings. The lowest BCUT2D eigenvalue weighted by atomic mass is 10.2. The average Bonchev–Trinajstić information content (AvgIpc) is 2.48. The molecule has 0 spiro atoms. The molecule has 2 aromatic rings. The summed E-state index contributed by atoms with van der Waals surface area (Å²) < 4.78 is 13.9. The van der Waals surface area contributed by atoms with Crippen molar-refractivity contribution in [1.29, 1.82) is 0 Å². The molecular weight excluding hydrogens is 207 g/mol. The van der Waals surface area contributed by atoms with Gasteiger partial charge in [0.1, 0.15) is 12.1 Å². The summed E-state index contributed by atoms with van der Waals surface area (Å²) in [5, 5.41) is 1.89. The van der Waals surface area contributed by atoms with E-state index >= 15 is 0 Å². The van der Waals surface area contributed by atoms with E-state index in [4.69, 9.17) is 0 Å².